The van der Waals surface area contributed by atoms with Crippen LogP contribution >= 0.6 is 0 Å². The Labute approximate surface area is 226 Å². The van der Waals surface area contributed by atoms with Crippen molar-refractivity contribution in [1.82, 2.24) is 10.2 Å². The Morgan fingerprint density at radius 1 is 1.18 bits per heavy atom. The molecule has 1 aromatic carbocycles. The summed E-state index contributed by atoms with van der Waals surface area (Å²) >= 11 is 0. The van der Waals surface area contributed by atoms with Gasteiger partial charge in [-0.05, 0) is 51.4 Å². The monoisotopic (exact) mass is 543 g/mol. The number of Topliss-reactive ketones (excluding diaryl/α,β-unsaturated/α-hetero) is 4. The molecule has 4 unspecified atom stereocenters. The summed E-state index contributed by atoms with van der Waals surface area (Å²) in [5.41, 5.74) is 10.1. The van der Waals surface area contributed by atoms with Gasteiger partial charge in [0.1, 0.15) is 5.75 Å². The summed E-state index contributed by atoms with van der Waals surface area (Å²) in [4.78, 5) is 69.9. The van der Waals surface area contributed by atoms with Crippen LogP contribution in [0.1, 0.15) is 34.8 Å². The lowest BCUT2D eigenvalue weighted by atomic mass is 9.52. The standard InChI is InChI=1S/C27H37N5O7/c1-11(28)9-30-10-13-8-16(31(2)3)14-6-12-7-15-20(32(4)5)23(35)19(26(29)38)25(37)27(15,39)24(36)17(12)22(34)18(14)21(13)33/h8,11-12,15,17,19-20,30,33,39H,6-7,9-10,28H2,1-5H3,(H2,29,38)/t11?,12-,15-,17?,19?,20?,27-/m0/s1. The van der Waals surface area contributed by atoms with Gasteiger partial charge in [-0.25, -0.2) is 0 Å². The van der Waals surface area contributed by atoms with Crippen LogP contribution in [0.5, 0.6) is 5.75 Å². The molecule has 0 aromatic heterocycles. The Bertz CT molecular complexity index is 1260. The molecule has 1 amide bonds. The molecule has 4 rings (SSSR count). The number of hydrogen-bond acceptors (Lipinski definition) is 11. The molecule has 0 radical (unpaired) electrons. The van der Waals surface area contributed by atoms with Gasteiger partial charge < -0.3 is 31.9 Å². The van der Waals surface area contributed by atoms with Crippen LogP contribution in [0, 0.1) is 23.7 Å². The van der Waals surface area contributed by atoms with Crippen molar-refractivity contribution >= 4 is 34.7 Å². The van der Waals surface area contributed by atoms with Gasteiger partial charge in [0.25, 0.3) is 0 Å². The highest BCUT2D eigenvalue weighted by Gasteiger charge is 2.69. The van der Waals surface area contributed by atoms with E-state index in [9.17, 15) is 34.2 Å². The smallest absolute Gasteiger partial charge is 0.235 e. The first-order valence-electron chi connectivity index (χ1n) is 13.0. The first-order valence-corrected chi connectivity index (χ1v) is 13.0. The number of nitrogens with two attached hydrogens (primary N) is 2. The Kier molecular flexibility index (Phi) is 7.45. The second-order valence-corrected chi connectivity index (χ2v) is 11.5. The second-order valence-electron chi connectivity index (χ2n) is 11.5. The summed E-state index contributed by atoms with van der Waals surface area (Å²) in [5, 5.41) is 26.0. The van der Waals surface area contributed by atoms with Crippen LogP contribution in [-0.2, 0) is 32.1 Å². The first-order chi connectivity index (χ1) is 18.1. The van der Waals surface area contributed by atoms with Crippen molar-refractivity contribution in [3.8, 4) is 5.75 Å². The van der Waals surface area contributed by atoms with Gasteiger partial charge in [0.2, 0.25) is 5.91 Å². The van der Waals surface area contributed by atoms with Gasteiger partial charge in [-0.15, -0.1) is 0 Å². The molecule has 0 spiro atoms. The van der Waals surface area contributed by atoms with Gasteiger partial charge in [-0.1, -0.05) is 0 Å². The van der Waals surface area contributed by atoms with Crippen LogP contribution in [0.4, 0.5) is 5.69 Å². The number of carbonyl (C=O) groups is 5. The highest BCUT2D eigenvalue weighted by Crippen LogP contribution is 2.52. The predicted octanol–water partition coefficient (Wildman–Crippen LogP) is -1.63. The number of hydrogen-bond donors (Lipinski definition) is 5. The number of ketones is 4. The summed E-state index contributed by atoms with van der Waals surface area (Å²) in [6.45, 7) is 2.51. The van der Waals surface area contributed by atoms with E-state index >= 15 is 0 Å². The van der Waals surface area contributed by atoms with Gasteiger partial charge >= 0.3 is 0 Å². The molecule has 12 heteroatoms. The Morgan fingerprint density at radius 3 is 2.36 bits per heavy atom. The number of likely N-dealkylation sites (N-methyl/N-ethyl adjacent to an activating group) is 1. The van der Waals surface area contributed by atoms with Crippen molar-refractivity contribution in [3.05, 3.63) is 22.8 Å². The number of benzene rings is 1. The molecule has 0 heterocycles. The van der Waals surface area contributed by atoms with Crippen molar-refractivity contribution in [3.63, 3.8) is 0 Å². The van der Waals surface area contributed by atoms with Crippen LogP contribution in [0.2, 0.25) is 0 Å². The fourth-order valence-electron chi connectivity index (χ4n) is 6.67. The summed E-state index contributed by atoms with van der Waals surface area (Å²) in [6, 6.07) is 0.515. The quantitative estimate of drug-likeness (QED) is 0.248. The number of phenolic OH excluding ortho intramolecular Hbond substituents is 1. The van der Waals surface area contributed by atoms with E-state index in [1.807, 2.05) is 11.8 Å². The summed E-state index contributed by atoms with van der Waals surface area (Å²) < 4.78 is 0. The number of fused-ring (bicyclic) bond motifs is 3. The molecular weight excluding hydrogens is 506 g/mol. The third-order valence-corrected chi connectivity index (χ3v) is 8.38. The molecule has 2 saturated carbocycles. The minimum absolute atomic E-state index is 0.00915. The van der Waals surface area contributed by atoms with Crippen LogP contribution in [0.15, 0.2) is 6.07 Å². The molecule has 39 heavy (non-hydrogen) atoms. The third-order valence-electron chi connectivity index (χ3n) is 8.38. The minimum Gasteiger partial charge on any atom is -0.507 e. The minimum atomic E-state index is -2.74. The molecular formula is C27H37N5O7. The largest absolute Gasteiger partial charge is 0.507 e. The second kappa shape index (κ2) is 10.1. The van der Waals surface area contributed by atoms with Gasteiger partial charge in [0.05, 0.1) is 17.5 Å². The average molecular weight is 544 g/mol. The highest BCUT2D eigenvalue weighted by molar-refractivity contribution is 6.32. The maximum Gasteiger partial charge on any atom is 0.235 e. The van der Waals surface area contributed by atoms with Gasteiger partial charge in [0.15, 0.2) is 34.7 Å². The topological polar surface area (TPSA) is 196 Å². The van der Waals surface area contributed by atoms with E-state index in [0.717, 1.165) is 0 Å². The molecule has 7 atom stereocenters. The van der Waals surface area contributed by atoms with Crippen LogP contribution in [0.25, 0.3) is 0 Å². The lowest BCUT2D eigenvalue weighted by molar-refractivity contribution is -0.181. The SMILES string of the molecule is CC(N)CNCc1cc(N(C)C)c2c(c1O)C(=O)C1C(=O)[C@]3(O)C(=O)C(C(N)=O)C(=O)C(N(C)C)[C@@H]3C[C@@H]1C2. The van der Waals surface area contributed by atoms with E-state index < -0.39 is 64.4 Å². The highest BCUT2D eigenvalue weighted by atomic mass is 16.3. The summed E-state index contributed by atoms with van der Waals surface area (Å²) in [6.07, 6.45) is 0.218. The number of aromatic hydroxyl groups is 1. The molecule has 12 nitrogen and oxygen atoms in total. The van der Waals surface area contributed by atoms with Gasteiger partial charge in [-0.3, -0.25) is 28.9 Å². The van der Waals surface area contributed by atoms with E-state index in [2.05, 4.69) is 5.32 Å². The maximum atomic E-state index is 14.0. The molecule has 0 aliphatic heterocycles. The Balaban J connectivity index is 1.84. The summed E-state index contributed by atoms with van der Waals surface area (Å²) in [5.74, 6) is -10.5. The van der Waals surface area contributed by atoms with Crippen LogP contribution in [-0.4, -0.2) is 96.6 Å². The number of nitrogens with one attached hydrogen (secondary N) is 1. The van der Waals surface area contributed by atoms with Crippen molar-refractivity contribution in [2.75, 3.05) is 39.6 Å². The van der Waals surface area contributed by atoms with Crippen LogP contribution < -0.4 is 21.7 Å². The molecule has 3 aliphatic carbocycles. The van der Waals surface area contributed by atoms with E-state index in [1.165, 1.54) is 4.90 Å². The lowest BCUT2D eigenvalue weighted by Crippen LogP contribution is -2.74. The fourth-order valence-corrected chi connectivity index (χ4v) is 6.67. The zero-order valence-electron chi connectivity index (χ0n) is 22.9. The van der Waals surface area contributed by atoms with Crippen molar-refractivity contribution in [2.45, 2.75) is 44.0 Å². The number of carbonyl (C=O) groups excluding carboxylic acids is 5. The van der Waals surface area contributed by atoms with Crippen molar-refractivity contribution < 1.29 is 34.2 Å². The van der Waals surface area contributed by atoms with Crippen molar-refractivity contribution in [1.29, 1.82) is 0 Å². The number of primary amides is 1. The number of anilines is 1. The van der Waals surface area contributed by atoms with Gasteiger partial charge in [-0.2, -0.15) is 0 Å². The maximum absolute atomic E-state index is 14.0. The van der Waals surface area contributed by atoms with Crippen LogP contribution in [0.3, 0.4) is 0 Å². The van der Waals surface area contributed by atoms with Crippen molar-refractivity contribution in [2.24, 2.45) is 35.1 Å². The molecule has 3 aliphatic rings. The molecule has 0 saturated heterocycles. The molecule has 1 aromatic rings. The van der Waals surface area contributed by atoms with E-state index in [0.29, 0.717) is 23.4 Å². The zero-order valence-corrected chi connectivity index (χ0v) is 22.9. The number of phenols is 1. The number of rotatable bonds is 7. The molecule has 0 bridgehead atoms. The predicted molar refractivity (Wildman–Crippen MR) is 141 cm³/mol. The molecule has 2 fully saturated rings. The average Bonchev–Trinajstić information content (AvgIpc) is 2.81. The molecule has 212 valence electrons. The van der Waals surface area contributed by atoms with E-state index in [4.69, 9.17) is 11.5 Å². The summed E-state index contributed by atoms with van der Waals surface area (Å²) in [7, 11) is 6.71. The van der Waals surface area contributed by atoms with E-state index in [1.54, 1.807) is 34.3 Å². The normalized spacial score (nSPS) is 31.0. The van der Waals surface area contributed by atoms with Gasteiger partial charge in [0, 0.05) is 50.4 Å². The number of amides is 1. The Morgan fingerprint density at radius 2 is 1.82 bits per heavy atom. The molecule has 7 N–H and O–H groups in total. The fraction of sp³-hybridized carbons (Fsp3) is 0.593. The number of nitrogens with zero attached hydrogens (tertiary/aromatic N) is 2. The Hall–Kier alpha value is -3.19. The first kappa shape index (κ1) is 28.8. The van der Waals surface area contributed by atoms with E-state index in [-0.39, 0.29) is 36.7 Å². The zero-order chi connectivity index (χ0) is 29.1. The third kappa shape index (κ3) is 4.35. The lowest BCUT2D eigenvalue weighted by Gasteiger charge is -2.52. The number of aliphatic hydroxyl groups is 1.